The van der Waals surface area contributed by atoms with Gasteiger partial charge in [0, 0.05) is 0 Å². The van der Waals surface area contributed by atoms with Gasteiger partial charge in [-0.3, -0.25) is 4.79 Å². The van der Waals surface area contributed by atoms with E-state index in [4.69, 9.17) is 9.47 Å². The second-order valence-electron chi connectivity index (χ2n) is 6.73. The molecule has 2 atom stereocenters. The molecule has 0 saturated carbocycles. The highest BCUT2D eigenvalue weighted by Crippen LogP contribution is 2.34. The SMILES string of the molecule is CC(C)[C@@H](NC(=O)[C@@H]1CCS(=O)(=O)C1)c1ccc2c(c1)OCCO2. The molecule has 3 rings (SSSR count). The maximum absolute atomic E-state index is 12.5. The minimum absolute atomic E-state index is 0.0508. The molecule has 2 heterocycles. The van der Waals surface area contributed by atoms with Crippen molar-refractivity contribution in [1.29, 1.82) is 0 Å². The molecule has 0 radical (unpaired) electrons. The van der Waals surface area contributed by atoms with Gasteiger partial charge in [0.25, 0.3) is 0 Å². The van der Waals surface area contributed by atoms with Crippen LogP contribution in [0.1, 0.15) is 31.9 Å². The van der Waals surface area contributed by atoms with E-state index in [0.29, 0.717) is 31.1 Å². The second kappa shape index (κ2) is 6.63. The third kappa shape index (κ3) is 3.66. The number of benzene rings is 1. The maximum atomic E-state index is 12.5. The van der Waals surface area contributed by atoms with Crippen molar-refractivity contribution in [2.45, 2.75) is 26.3 Å². The first-order valence-corrected chi connectivity index (χ1v) is 10.1. The summed E-state index contributed by atoms with van der Waals surface area (Å²) < 4.78 is 34.3. The van der Waals surface area contributed by atoms with Crippen molar-refractivity contribution < 1.29 is 22.7 Å². The van der Waals surface area contributed by atoms with Crippen LogP contribution in [-0.4, -0.2) is 39.0 Å². The van der Waals surface area contributed by atoms with Crippen LogP contribution in [0.15, 0.2) is 18.2 Å². The number of sulfone groups is 1. The normalized spacial score (nSPS) is 23.0. The van der Waals surface area contributed by atoms with Gasteiger partial charge < -0.3 is 14.8 Å². The van der Waals surface area contributed by atoms with E-state index in [2.05, 4.69) is 5.32 Å². The lowest BCUT2D eigenvalue weighted by atomic mass is 9.94. The number of nitrogens with one attached hydrogen (secondary N) is 1. The Hall–Kier alpha value is -1.76. The summed E-state index contributed by atoms with van der Waals surface area (Å²) in [6.07, 6.45) is 0.403. The summed E-state index contributed by atoms with van der Waals surface area (Å²) in [6, 6.07) is 5.47. The molecule has 132 valence electrons. The minimum atomic E-state index is -3.07. The smallest absolute Gasteiger partial charge is 0.224 e. The number of hydrogen-bond donors (Lipinski definition) is 1. The van der Waals surface area contributed by atoms with Gasteiger partial charge in [0.2, 0.25) is 5.91 Å². The number of carbonyl (C=O) groups excluding carboxylic acids is 1. The molecular weight excluding hydrogens is 330 g/mol. The molecule has 1 N–H and O–H groups in total. The maximum Gasteiger partial charge on any atom is 0.224 e. The summed E-state index contributed by atoms with van der Waals surface area (Å²) in [7, 11) is -3.07. The van der Waals surface area contributed by atoms with Gasteiger partial charge in [-0.15, -0.1) is 0 Å². The Balaban J connectivity index is 1.76. The van der Waals surface area contributed by atoms with Gasteiger partial charge in [0.05, 0.1) is 23.5 Å². The van der Waals surface area contributed by atoms with Gasteiger partial charge in [-0.1, -0.05) is 19.9 Å². The predicted octanol–water partition coefficient (Wildman–Crippen LogP) is 1.71. The van der Waals surface area contributed by atoms with Crippen LogP contribution in [0.2, 0.25) is 0 Å². The first kappa shape index (κ1) is 17.1. The molecule has 24 heavy (non-hydrogen) atoms. The van der Waals surface area contributed by atoms with E-state index in [1.54, 1.807) is 0 Å². The molecule has 1 aromatic rings. The Labute approximate surface area is 142 Å². The highest BCUT2D eigenvalue weighted by atomic mass is 32.2. The molecule has 0 aliphatic carbocycles. The zero-order chi connectivity index (χ0) is 17.3. The molecule has 1 aromatic carbocycles. The molecule has 2 aliphatic rings. The standard InChI is InChI=1S/C17H23NO5S/c1-11(2)16(18-17(19)13-5-8-24(20,21)10-13)12-3-4-14-15(9-12)23-7-6-22-14/h3-4,9,11,13,16H,5-8,10H2,1-2H3,(H,18,19)/t13-,16-/m1/s1. The van der Waals surface area contributed by atoms with E-state index in [-0.39, 0.29) is 29.4 Å². The monoisotopic (exact) mass is 353 g/mol. The van der Waals surface area contributed by atoms with Gasteiger partial charge in [-0.25, -0.2) is 8.42 Å². The average Bonchev–Trinajstić information content (AvgIpc) is 2.92. The molecule has 0 spiro atoms. The van der Waals surface area contributed by atoms with Crippen molar-refractivity contribution in [1.82, 2.24) is 5.32 Å². The van der Waals surface area contributed by atoms with Crippen molar-refractivity contribution in [3.05, 3.63) is 23.8 Å². The van der Waals surface area contributed by atoms with Gasteiger partial charge in [0.15, 0.2) is 21.3 Å². The van der Waals surface area contributed by atoms with E-state index >= 15 is 0 Å². The zero-order valence-electron chi connectivity index (χ0n) is 13.9. The van der Waals surface area contributed by atoms with Crippen LogP contribution < -0.4 is 14.8 Å². The first-order valence-electron chi connectivity index (χ1n) is 8.26. The van der Waals surface area contributed by atoms with E-state index in [9.17, 15) is 13.2 Å². The Morgan fingerprint density at radius 1 is 1.21 bits per heavy atom. The largest absolute Gasteiger partial charge is 0.486 e. The lowest BCUT2D eigenvalue weighted by Gasteiger charge is -2.26. The van der Waals surface area contributed by atoms with Crippen LogP contribution in [-0.2, 0) is 14.6 Å². The number of hydrogen-bond acceptors (Lipinski definition) is 5. The van der Waals surface area contributed by atoms with E-state index in [1.807, 2.05) is 32.0 Å². The fraction of sp³-hybridized carbons (Fsp3) is 0.588. The van der Waals surface area contributed by atoms with Crippen molar-refractivity contribution in [2.75, 3.05) is 24.7 Å². The van der Waals surface area contributed by atoms with Gasteiger partial charge in [0.1, 0.15) is 13.2 Å². The molecule has 1 fully saturated rings. The van der Waals surface area contributed by atoms with Gasteiger partial charge in [-0.2, -0.15) is 0 Å². The Morgan fingerprint density at radius 3 is 2.54 bits per heavy atom. The van der Waals surface area contributed by atoms with Gasteiger partial charge >= 0.3 is 0 Å². The van der Waals surface area contributed by atoms with Crippen molar-refractivity contribution in [2.24, 2.45) is 11.8 Å². The molecule has 1 saturated heterocycles. The van der Waals surface area contributed by atoms with E-state index < -0.39 is 15.8 Å². The second-order valence-corrected chi connectivity index (χ2v) is 8.96. The fourth-order valence-corrected chi connectivity index (χ4v) is 4.90. The molecule has 0 unspecified atom stereocenters. The number of ether oxygens (including phenoxy) is 2. The minimum Gasteiger partial charge on any atom is -0.486 e. The van der Waals surface area contributed by atoms with Gasteiger partial charge in [-0.05, 0) is 30.0 Å². The summed E-state index contributed by atoms with van der Waals surface area (Å²) in [4.78, 5) is 12.5. The topological polar surface area (TPSA) is 81.7 Å². The summed E-state index contributed by atoms with van der Waals surface area (Å²) in [6.45, 7) is 5.09. The van der Waals surface area contributed by atoms with E-state index in [1.165, 1.54) is 0 Å². The third-order valence-corrected chi connectivity index (χ3v) is 6.26. The van der Waals surface area contributed by atoms with E-state index in [0.717, 1.165) is 5.56 Å². The quantitative estimate of drug-likeness (QED) is 0.891. The van der Waals surface area contributed by atoms with Crippen molar-refractivity contribution >= 4 is 15.7 Å². The third-order valence-electron chi connectivity index (χ3n) is 4.49. The van der Waals surface area contributed by atoms with Crippen LogP contribution in [0, 0.1) is 11.8 Å². The highest BCUT2D eigenvalue weighted by molar-refractivity contribution is 7.91. The van der Waals surface area contributed by atoms with Crippen molar-refractivity contribution in [3.8, 4) is 11.5 Å². The van der Waals surface area contributed by atoms with Crippen LogP contribution in [0.25, 0.3) is 0 Å². The highest BCUT2D eigenvalue weighted by Gasteiger charge is 2.34. The molecule has 0 aromatic heterocycles. The summed E-state index contributed by atoms with van der Waals surface area (Å²) in [5.41, 5.74) is 0.934. The lowest BCUT2D eigenvalue weighted by molar-refractivity contribution is -0.125. The van der Waals surface area contributed by atoms with Crippen molar-refractivity contribution in [3.63, 3.8) is 0 Å². The molecule has 6 nitrogen and oxygen atoms in total. The molecule has 7 heteroatoms. The summed E-state index contributed by atoms with van der Waals surface area (Å²) >= 11 is 0. The molecular formula is C17H23NO5S. The number of fused-ring (bicyclic) bond motifs is 1. The molecule has 0 bridgehead atoms. The predicted molar refractivity (Wildman–Crippen MR) is 89.9 cm³/mol. The fourth-order valence-electron chi connectivity index (χ4n) is 3.16. The van der Waals surface area contributed by atoms with Crippen LogP contribution >= 0.6 is 0 Å². The summed E-state index contributed by atoms with van der Waals surface area (Å²) in [5.74, 6) is 0.960. The van der Waals surface area contributed by atoms with Crippen LogP contribution in [0.3, 0.4) is 0 Å². The summed E-state index contributed by atoms with van der Waals surface area (Å²) in [5, 5.41) is 3.02. The van der Waals surface area contributed by atoms with Crippen LogP contribution in [0.5, 0.6) is 11.5 Å². The first-order chi connectivity index (χ1) is 11.4. The number of amides is 1. The number of carbonyl (C=O) groups is 1. The average molecular weight is 353 g/mol. The molecule has 2 aliphatic heterocycles. The van der Waals surface area contributed by atoms with Crippen LogP contribution in [0.4, 0.5) is 0 Å². The Kier molecular flexibility index (Phi) is 4.71. The molecule has 1 amide bonds. The Morgan fingerprint density at radius 2 is 1.92 bits per heavy atom. The Bertz CT molecular complexity index is 728. The number of rotatable bonds is 4. The lowest BCUT2D eigenvalue weighted by Crippen LogP contribution is -2.36. The zero-order valence-corrected chi connectivity index (χ0v) is 14.8.